The predicted molar refractivity (Wildman–Crippen MR) is 65.6 cm³/mol. The number of sulfonamides is 1. The number of hydrogen-bond acceptors (Lipinski definition) is 5. The molecule has 0 amide bonds. The Morgan fingerprint density at radius 2 is 2.12 bits per heavy atom. The third-order valence-electron chi connectivity index (χ3n) is 2.11. The highest BCUT2D eigenvalue weighted by atomic mass is 32.2. The summed E-state index contributed by atoms with van der Waals surface area (Å²) in [4.78, 5) is 11.6. The Balaban J connectivity index is 3.17. The van der Waals surface area contributed by atoms with Crippen molar-refractivity contribution < 1.29 is 17.9 Å². The number of hydrogen-bond donors (Lipinski definition) is 1. The van der Waals surface area contributed by atoms with E-state index in [4.69, 9.17) is 9.88 Å². The van der Waals surface area contributed by atoms with Crippen molar-refractivity contribution in [1.82, 2.24) is 0 Å². The average molecular weight is 277 g/mol. The lowest BCUT2D eigenvalue weighted by atomic mass is 10.2. The maximum atomic E-state index is 11.7. The minimum absolute atomic E-state index is 0.0674. The molecule has 0 saturated heterocycles. The molecule has 1 rings (SSSR count). The van der Waals surface area contributed by atoms with Gasteiger partial charge in [-0.15, -0.1) is 11.3 Å². The summed E-state index contributed by atoms with van der Waals surface area (Å²) >= 11 is 1.05. The first-order chi connectivity index (χ1) is 7.91. The minimum Gasteiger partial charge on any atom is -0.461 e. The molecule has 96 valence electrons. The third kappa shape index (κ3) is 3.27. The molecule has 0 aliphatic rings. The van der Waals surface area contributed by atoms with Gasteiger partial charge in [-0.3, -0.25) is 0 Å². The van der Waals surface area contributed by atoms with Crippen LogP contribution in [0.4, 0.5) is 0 Å². The van der Waals surface area contributed by atoms with E-state index in [1.807, 2.05) is 6.92 Å². The predicted octanol–water partition coefficient (Wildman–Crippen LogP) is 1.52. The summed E-state index contributed by atoms with van der Waals surface area (Å²) in [5.74, 6) is -0.624. The monoisotopic (exact) mass is 277 g/mol. The second kappa shape index (κ2) is 5.61. The Morgan fingerprint density at radius 1 is 1.47 bits per heavy atom. The molecule has 0 aliphatic carbocycles. The first-order valence-electron chi connectivity index (χ1n) is 5.22. The fraction of sp³-hybridized carbons (Fsp3) is 0.500. The maximum Gasteiger partial charge on any atom is 0.349 e. The highest BCUT2D eigenvalue weighted by molar-refractivity contribution is 7.89. The fourth-order valence-corrected chi connectivity index (χ4v) is 3.76. The van der Waals surface area contributed by atoms with Gasteiger partial charge in [0.25, 0.3) is 0 Å². The molecule has 2 N–H and O–H groups in total. The smallest absolute Gasteiger partial charge is 0.349 e. The van der Waals surface area contributed by atoms with Crippen LogP contribution < -0.4 is 5.14 Å². The van der Waals surface area contributed by atoms with Gasteiger partial charge < -0.3 is 4.74 Å². The summed E-state index contributed by atoms with van der Waals surface area (Å²) in [6.07, 6.45) is 1.19. The van der Waals surface area contributed by atoms with E-state index in [-0.39, 0.29) is 16.4 Å². The van der Waals surface area contributed by atoms with Gasteiger partial charge in [-0.05, 0) is 23.8 Å². The largest absolute Gasteiger partial charge is 0.461 e. The molecule has 0 radical (unpaired) electrons. The fourth-order valence-electron chi connectivity index (χ4n) is 1.34. The van der Waals surface area contributed by atoms with Crippen LogP contribution in [-0.4, -0.2) is 21.0 Å². The van der Waals surface area contributed by atoms with Crippen LogP contribution in [0.5, 0.6) is 0 Å². The second-order valence-corrected chi connectivity index (χ2v) is 5.83. The van der Waals surface area contributed by atoms with Gasteiger partial charge in [-0.25, -0.2) is 18.4 Å². The summed E-state index contributed by atoms with van der Waals surface area (Å²) in [6, 6.07) is 0. The summed E-state index contributed by atoms with van der Waals surface area (Å²) < 4.78 is 27.8. The Morgan fingerprint density at radius 3 is 2.59 bits per heavy atom. The van der Waals surface area contributed by atoms with Crippen molar-refractivity contribution in [3.63, 3.8) is 0 Å². The highest BCUT2D eigenvalue weighted by Gasteiger charge is 2.25. The first-order valence-corrected chi connectivity index (χ1v) is 7.64. The molecular formula is C10H15NO4S2. The average Bonchev–Trinajstić information content (AvgIpc) is 2.69. The Labute approximate surface area is 105 Å². The van der Waals surface area contributed by atoms with Crippen molar-refractivity contribution in [3.05, 3.63) is 15.8 Å². The van der Waals surface area contributed by atoms with E-state index in [9.17, 15) is 13.2 Å². The van der Waals surface area contributed by atoms with Crippen molar-refractivity contribution in [2.75, 3.05) is 6.61 Å². The molecule has 0 atom stereocenters. The Hall–Kier alpha value is -0.920. The number of esters is 1. The molecule has 0 aromatic carbocycles. The summed E-state index contributed by atoms with van der Waals surface area (Å²) in [6.45, 7) is 3.93. The molecule has 0 unspecified atom stereocenters. The topological polar surface area (TPSA) is 86.5 Å². The number of thiophene rings is 1. The summed E-state index contributed by atoms with van der Waals surface area (Å²) in [5.41, 5.74) is 0.556. The second-order valence-electron chi connectivity index (χ2n) is 3.45. The van der Waals surface area contributed by atoms with Crippen molar-refractivity contribution in [2.24, 2.45) is 5.14 Å². The van der Waals surface area contributed by atoms with Crippen molar-refractivity contribution in [3.8, 4) is 0 Å². The van der Waals surface area contributed by atoms with Crippen LogP contribution >= 0.6 is 11.3 Å². The van der Waals surface area contributed by atoms with Gasteiger partial charge >= 0.3 is 5.97 Å². The lowest BCUT2D eigenvalue weighted by molar-refractivity contribution is 0.0506. The van der Waals surface area contributed by atoms with Gasteiger partial charge in [0.15, 0.2) is 0 Å². The van der Waals surface area contributed by atoms with E-state index in [0.29, 0.717) is 18.4 Å². The number of ether oxygens (including phenoxy) is 1. The molecule has 0 bridgehead atoms. The van der Waals surface area contributed by atoms with Gasteiger partial charge in [-0.2, -0.15) is 0 Å². The lowest BCUT2D eigenvalue weighted by Gasteiger charge is -2.04. The molecule has 17 heavy (non-hydrogen) atoms. The summed E-state index contributed by atoms with van der Waals surface area (Å²) in [5, 5.41) is 6.74. The molecule has 1 aromatic rings. The Kier molecular flexibility index (Phi) is 4.67. The van der Waals surface area contributed by atoms with Crippen molar-refractivity contribution in [1.29, 1.82) is 0 Å². The molecule has 0 fully saturated rings. The zero-order chi connectivity index (χ0) is 13.1. The quantitative estimate of drug-likeness (QED) is 0.827. The zero-order valence-electron chi connectivity index (χ0n) is 9.73. The number of carbonyl (C=O) groups is 1. The standard InChI is InChI=1S/C10H15NO4S2/c1-3-5-15-10(12)8-9(17(11,13)14)7(4-2)6-16-8/h6H,3-5H2,1-2H3,(H2,11,13,14). The summed E-state index contributed by atoms with van der Waals surface area (Å²) in [7, 11) is -3.89. The SMILES string of the molecule is CCCOC(=O)c1scc(CC)c1S(N)(=O)=O. The third-order valence-corrected chi connectivity index (χ3v) is 4.28. The van der Waals surface area contributed by atoms with E-state index in [2.05, 4.69) is 0 Å². The van der Waals surface area contributed by atoms with E-state index >= 15 is 0 Å². The first kappa shape index (κ1) is 14.1. The molecule has 7 heteroatoms. The molecule has 0 aliphatic heterocycles. The van der Waals surface area contributed by atoms with Gasteiger partial charge in [0.05, 0.1) is 6.61 Å². The maximum absolute atomic E-state index is 11.7. The lowest BCUT2D eigenvalue weighted by Crippen LogP contribution is -2.17. The Bertz CT molecular complexity index is 504. The van der Waals surface area contributed by atoms with Crippen LogP contribution in [-0.2, 0) is 21.2 Å². The van der Waals surface area contributed by atoms with Gasteiger partial charge in [0.2, 0.25) is 10.0 Å². The van der Waals surface area contributed by atoms with Crippen LogP contribution in [0.2, 0.25) is 0 Å². The highest BCUT2D eigenvalue weighted by Crippen LogP contribution is 2.27. The number of rotatable bonds is 5. The van der Waals surface area contributed by atoms with E-state index in [1.165, 1.54) is 0 Å². The zero-order valence-corrected chi connectivity index (χ0v) is 11.4. The van der Waals surface area contributed by atoms with Crippen molar-refractivity contribution in [2.45, 2.75) is 31.6 Å². The van der Waals surface area contributed by atoms with Gasteiger partial charge in [0, 0.05) is 0 Å². The molecule has 0 spiro atoms. The van der Waals surface area contributed by atoms with Crippen LogP contribution in [0.15, 0.2) is 10.3 Å². The van der Waals surface area contributed by atoms with Gasteiger partial charge in [0.1, 0.15) is 9.77 Å². The molecule has 1 aromatic heterocycles. The molecule has 1 heterocycles. The molecule has 5 nitrogen and oxygen atoms in total. The van der Waals surface area contributed by atoms with Gasteiger partial charge in [-0.1, -0.05) is 13.8 Å². The number of aryl methyl sites for hydroxylation is 1. The van der Waals surface area contributed by atoms with Crippen LogP contribution in [0.25, 0.3) is 0 Å². The molecule has 0 saturated carbocycles. The number of primary sulfonamides is 1. The van der Waals surface area contributed by atoms with Crippen LogP contribution in [0.3, 0.4) is 0 Å². The van der Waals surface area contributed by atoms with Crippen molar-refractivity contribution >= 4 is 27.3 Å². The minimum atomic E-state index is -3.89. The van der Waals surface area contributed by atoms with E-state index < -0.39 is 16.0 Å². The van der Waals surface area contributed by atoms with Crippen LogP contribution in [0.1, 0.15) is 35.5 Å². The number of carbonyl (C=O) groups excluding carboxylic acids is 1. The molecular weight excluding hydrogens is 262 g/mol. The van der Waals surface area contributed by atoms with E-state index in [0.717, 1.165) is 11.3 Å². The van der Waals surface area contributed by atoms with Crippen LogP contribution in [0, 0.1) is 0 Å². The van der Waals surface area contributed by atoms with E-state index in [1.54, 1.807) is 12.3 Å². The normalized spacial score (nSPS) is 11.5. The number of nitrogens with two attached hydrogens (primary N) is 1.